The Morgan fingerprint density at radius 3 is 2.57 bits per heavy atom. The lowest BCUT2D eigenvalue weighted by Gasteiger charge is -2.10. The molecule has 13 heteroatoms. The van der Waals surface area contributed by atoms with Gasteiger partial charge in [-0.05, 0) is 44.2 Å². The van der Waals surface area contributed by atoms with Gasteiger partial charge in [-0.25, -0.2) is 23.7 Å². The Labute approximate surface area is 207 Å². The third-order valence-electron chi connectivity index (χ3n) is 6.02. The number of rotatable bonds is 8. The molecule has 0 bridgehead atoms. The van der Waals surface area contributed by atoms with Crippen molar-refractivity contribution in [3.63, 3.8) is 0 Å². The number of hydrogen-bond acceptors (Lipinski definition) is 9. The van der Waals surface area contributed by atoms with E-state index in [0.29, 0.717) is 45.8 Å². The molecule has 37 heavy (non-hydrogen) atoms. The molecule has 0 aliphatic heterocycles. The van der Waals surface area contributed by atoms with Crippen molar-refractivity contribution in [1.29, 1.82) is 0 Å². The van der Waals surface area contributed by atoms with Crippen LogP contribution in [0.3, 0.4) is 0 Å². The van der Waals surface area contributed by atoms with Gasteiger partial charge in [-0.15, -0.1) is 0 Å². The average Bonchev–Trinajstić information content (AvgIpc) is 3.22. The first kappa shape index (κ1) is 24.0. The molecule has 1 amide bonds. The zero-order chi connectivity index (χ0) is 26.3. The maximum atomic E-state index is 13.7. The molecule has 11 nitrogen and oxygen atoms in total. The number of anilines is 2. The lowest BCUT2D eigenvalue weighted by Crippen LogP contribution is -2.19. The summed E-state index contributed by atoms with van der Waals surface area (Å²) in [5.41, 5.74) is 2.82. The summed E-state index contributed by atoms with van der Waals surface area (Å²) < 4.78 is 38.2. The van der Waals surface area contributed by atoms with Crippen LogP contribution in [0.25, 0.3) is 22.9 Å². The van der Waals surface area contributed by atoms with Gasteiger partial charge in [0.25, 0.3) is 5.92 Å². The van der Waals surface area contributed by atoms with Gasteiger partial charge in [-0.1, -0.05) is 5.16 Å². The predicted octanol–water partition coefficient (Wildman–Crippen LogP) is 3.92. The van der Waals surface area contributed by atoms with E-state index in [9.17, 15) is 18.4 Å². The number of aryl methyl sites for hydroxylation is 2. The van der Waals surface area contributed by atoms with E-state index in [1.807, 2.05) is 0 Å². The number of furan rings is 1. The van der Waals surface area contributed by atoms with Crippen molar-refractivity contribution >= 4 is 23.5 Å². The van der Waals surface area contributed by atoms with Crippen LogP contribution in [0, 0.1) is 25.7 Å². The van der Waals surface area contributed by atoms with Crippen LogP contribution < -0.4 is 10.6 Å². The van der Waals surface area contributed by atoms with Gasteiger partial charge in [0, 0.05) is 18.3 Å². The summed E-state index contributed by atoms with van der Waals surface area (Å²) >= 11 is 0. The van der Waals surface area contributed by atoms with Gasteiger partial charge in [-0.2, -0.15) is 0 Å². The number of carboxylic acid groups (broad SMARTS) is 1. The summed E-state index contributed by atoms with van der Waals surface area (Å²) in [4.78, 5) is 36.3. The van der Waals surface area contributed by atoms with E-state index in [4.69, 9.17) is 14.0 Å². The summed E-state index contributed by atoms with van der Waals surface area (Å²) in [6.45, 7) is 3.60. The molecule has 1 saturated carbocycles. The highest BCUT2D eigenvalue weighted by Gasteiger charge is 2.76. The molecule has 4 aromatic rings. The molecule has 5 rings (SSSR count). The Bertz CT molecular complexity index is 1490. The standard InChI is InChI=1S/C24H20F2N6O5/c1-11-13(10-28-23-27-8-7-15(31-23)17-4-3-9-36-17)20(37-32-11)16-6-5-14(12(2)29-16)30-21(33)18-19(22(34)35)24(18,25)26/h3-9,18-19H,10H2,1-2H3,(H,30,33)(H,34,35)(H,27,28,31)/t18-,19-/m0/s1. The van der Waals surface area contributed by atoms with Crippen LogP contribution in [0.5, 0.6) is 0 Å². The third kappa shape index (κ3) is 4.50. The Morgan fingerprint density at radius 1 is 1.08 bits per heavy atom. The van der Waals surface area contributed by atoms with Crippen molar-refractivity contribution in [1.82, 2.24) is 20.1 Å². The van der Waals surface area contributed by atoms with Crippen LogP contribution in [0.4, 0.5) is 20.4 Å². The minimum Gasteiger partial charge on any atom is -0.481 e. The number of alkyl halides is 2. The molecule has 190 valence electrons. The Kier molecular flexibility index (Phi) is 5.90. The molecule has 0 unspecified atom stereocenters. The molecule has 2 atom stereocenters. The molecule has 4 aromatic heterocycles. The fourth-order valence-electron chi connectivity index (χ4n) is 3.96. The zero-order valence-electron chi connectivity index (χ0n) is 19.5. The molecular formula is C24H20F2N6O5. The van der Waals surface area contributed by atoms with Crippen LogP contribution in [0.1, 0.15) is 17.0 Å². The topological polar surface area (TPSA) is 156 Å². The van der Waals surface area contributed by atoms with Crippen LogP contribution in [0.15, 0.2) is 51.7 Å². The SMILES string of the molecule is Cc1nc(-c2onc(C)c2CNc2nccc(-c3ccco3)n2)ccc1NC(=O)[C@@H]1[C@@H](C(=O)O)C1(F)F. The minimum absolute atomic E-state index is 0.180. The van der Waals surface area contributed by atoms with Crippen molar-refractivity contribution < 1.29 is 32.4 Å². The minimum atomic E-state index is -3.59. The van der Waals surface area contributed by atoms with Crippen LogP contribution in [-0.2, 0) is 16.1 Å². The Hall–Kier alpha value is -4.68. The van der Waals surface area contributed by atoms with Gasteiger partial charge < -0.3 is 24.7 Å². The highest BCUT2D eigenvalue weighted by atomic mass is 19.3. The van der Waals surface area contributed by atoms with Gasteiger partial charge in [0.1, 0.15) is 23.2 Å². The van der Waals surface area contributed by atoms with E-state index in [-0.39, 0.29) is 12.2 Å². The molecule has 0 saturated heterocycles. The van der Waals surface area contributed by atoms with Crippen molar-refractivity contribution in [2.24, 2.45) is 11.8 Å². The number of halogens is 2. The molecule has 1 aliphatic rings. The van der Waals surface area contributed by atoms with Crippen molar-refractivity contribution in [2.75, 3.05) is 10.6 Å². The fraction of sp³-hybridized carbons (Fsp3) is 0.250. The van der Waals surface area contributed by atoms with E-state index in [2.05, 4.69) is 30.7 Å². The number of carboxylic acids is 1. The number of pyridine rings is 1. The molecule has 0 aromatic carbocycles. The first-order valence-electron chi connectivity index (χ1n) is 11.1. The van der Waals surface area contributed by atoms with E-state index in [0.717, 1.165) is 0 Å². The summed E-state index contributed by atoms with van der Waals surface area (Å²) in [6, 6.07) is 8.29. The van der Waals surface area contributed by atoms with Crippen LogP contribution >= 0.6 is 0 Å². The largest absolute Gasteiger partial charge is 0.481 e. The predicted molar refractivity (Wildman–Crippen MR) is 124 cm³/mol. The van der Waals surface area contributed by atoms with Gasteiger partial charge >= 0.3 is 5.97 Å². The normalized spacial score (nSPS) is 17.8. The Morgan fingerprint density at radius 2 is 1.89 bits per heavy atom. The lowest BCUT2D eigenvalue weighted by molar-refractivity contribution is -0.141. The maximum Gasteiger partial charge on any atom is 0.313 e. The fourth-order valence-corrected chi connectivity index (χ4v) is 3.96. The number of carbonyl (C=O) groups is 2. The zero-order valence-corrected chi connectivity index (χ0v) is 19.5. The number of aliphatic carboxylic acids is 1. The van der Waals surface area contributed by atoms with E-state index >= 15 is 0 Å². The van der Waals surface area contributed by atoms with Crippen molar-refractivity contribution in [3.8, 4) is 22.9 Å². The van der Waals surface area contributed by atoms with Crippen LogP contribution in [0.2, 0.25) is 0 Å². The monoisotopic (exact) mass is 510 g/mol. The second-order valence-electron chi connectivity index (χ2n) is 8.46. The molecule has 0 spiro atoms. The molecule has 0 radical (unpaired) electrons. The van der Waals surface area contributed by atoms with Crippen molar-refractivity contribution in [2.45, 2.75) is 26.3 Å². The van der Waals surface area contributed by atoms with Gasteiger partial charge in [0.2, 0.25) is 11.9 Å². The molecule has 1 aliphatic carbocycles. The summed E-state index contributed by atoms with van der Waals surface area (Å²) in [5, 5.41) is 18.4. The number of amides is 1. The first-order chi connectivity index (χ1) is 17.7. The third-order valence-corrected chi connectivity index (χ3v) is 6.02. The summed E-state index contributed by atoms with van der Waals surface area (Å²) in [7, 11) is 0. The summed E-state index contributed by atoms with van der Waals surface area (Å²) in [5.74, 6) is -9.00. The molecule has 3 N–H and O–H groups in total. The number of hydrogen-bond donors (Lipinski definition) is 3. The van der Waals surface area contributed by atoms with E-state index in [1.54, 1.807) is 50.6 Å². The van der Waals surface area contributed by atoms with E-state index < -0.39 is 29.6 Å². The maximum absolute atomic E-state index is 13.7. The van der Waals surface area contributed by atoms with E-state index in [1.165, 1.54) is 6.07 Å². The second-order valence-corrected chi connectivity index (χ2v) is 8.46. The van der Waals surface area contributed by atoms with Gasteiger partial charge in [-0.3, -0.25) is 9.59 Å². The first-order valence-corrected chi connectivity index (χ1v) is 11.1. The molecular weight excluding hydrogens is 490 g/mol. The quantitative estimate of drug-likeness (QED) is 0.317. The smallest absolute Gasteiger partial charge is 0.313 e. The number of nitrogens with zero attached hydrogens (tertiary/aromatic N) is 4. The highest BCUT2D eigenvalue weighted by molar-refractivity contribution is 6.00. The van der Waals surface area contributed by atoms with Gasteiger partial charge in [0.05, 0.1) is 23.3 Å². The number of nitrogens with one attached hydrogen (secondary N) is 2. The van der Waals surface area contributed by atoms with Crippen molar-refractivity contribution in [3.05, 3.63) is 59.7 Å². The summed E-state index contributed by atoms with van der Waals surface area (Å²) in [6.07, 6.45) is 3.15. The second kappa shape index (κ2) is 9.08. The number of aromatic nitrogens is 4. The molecule has 1 fully saturated rings. The van der Waals surface area contributed by atoms with Crippen LogP contribution in [-0.4, -0.2) is 43.0 Å². The highest BCUT2D eigenvalue weighted by Crippen LogP contribution is 2.55. The van der Waals surface area contributed by atoms with Gasteiger partial charge in [0.15, 0.2) is 11.5 Å². The Balaban J connectivity index is 1.31. The molecule has 4 heterocycles. The number of carbonyl (C=O) groups excluding carboxylic acids is 1. The average molecular weight is 510 g/mol. The lowest BCUT2D eigenvalue weighted by atomic mass is 10.1.